The summed E-state index contributed by atoms with van der Waals surface area (Å²) in [7, 11) is 1.56. The number of likely N-dealkylation sites (N-methyl/N-ethyl adjacent to an activating group) is 1. The van der Waals surface area contributed by atoms with Crippen LogP contribution in [0.3, 0.4) is 0 Å². The molecule has 3 aromatic carbocycles. The maximum absolute atomic E-state index is 14.2. The Hall–Kier alpha value is -5.03. The summed E-state index contributed by atoms with van der Waals surface area (Å²) in [5.41, 5.74) is 3.33. The van der Waals surface area contributed by atoms with Gasteiger partial charge in [-0.2, -0.15) is 0 Å². The van der Waals surface area contributed by atoms with Gasteiger partial charge in [0.25, 0.3) is 5.91 Å². The third kappa shape index (κ3) is 7.54. The molecule has 51 heavy (non-hydrogen) atoms. The van der Waals surface area contributed by atoms with Crippen molar-refractivity contribution in [3.63, 3.8) is 0 Å². The second-order valence-corrected chi connectivity index (χ2v) is 14.1. The van der Waals surface area contributed by atoms with E-state index in [2.05, 4.69) is 15.6 Å². The SMILES string of the molecule is CNC(=O)[C@H](CCCc1ccccc1)NC(=O)C1CN(C(=O)Cc2c[nH]c3cc(Cl)ccc23)CC2CN(C(=O)c3ccc4c(c3)OCCO4)CC21. The molecule has 0 radical (unpaired) electrons. The monoisotopic (exact) mass is 711 g/mol. The van der Waals surface area contributed by atoms with Crippen molar-refractivity contribution in [1.29, 1.82) is 0 Å². The first-order chi connectivity index (χ1) is 24.8. The van der Waals surface area contributed by atoms with Crippen molar-refractivity contribution in [2.45, 2.75) is 31.7 Å². The number of carbonyl (C=O) groups excluding carboxylic acids is 4. The summed E-state index contributed by atoms with van der Waals surface area (Å²) in [6.07, 6.45) is 3.91. The van der Waals surface area contributed by atoms with Crippen LogP contribution in [-0.4, -0.2) is 90.9 Å². The molecule has 3 aliphatic heterocycles. The highest BCUT2D eigenvalue weighted by molar-refractivity contribution is 6.31. The largest absolute Gasteiger partial charge is 0.486 e. The second-order valence-electron chi connectivity index (χ2n) is 13.6. The van der Waals surface area contributed by atoms with E-state index in [0.29, 0.717) is 67.8 Å². The zero-order valence-corrected chi connectivity index (χ0v) is 29.3. The van der Waals surface area contributed by atoms with Gasteiger partial charge < -0.3 is 34.9 Å². The van der Waals surface area contributed by atoms with E-state index < -0.39 is 12.0 Å². The van der Waals surface area contributed by atoms with Crippen LogP contribution < -0.4 is 20.1 Å². The van der Waals surface area contributed by atoms with E-state index in [-0.39, 0.29) is 48.4 Å². The molecule has 0 saturated carbocycles. The summed E-state index contributed by atoms with van der Waals surface area (Å²) in [6.45, 7) is 2.23. The Bertz CT molecular complexity index is 1930. The van der Waals surface area contributed by atoms with Gasteiger partial charge in [-0.25, -0.2) is 0 Å². The van der Waals surface area contributed by atoms with Gasteiger partial charge in [0.05, 0.1) is 12.3 Å². The van der Waals surface area contributed by atoms with Crippen LogP contribution in [0.5, 0.6) is 11.5 Å². The van der Waals surface area contributed by atoms with Gasteiger partial charge in [0.2, 0.25) is 17.7 Å². The van der Waals surface area contributed by atoms with Gasteiger partial charge in [-0.3, -0.25) is 19.2 Å². The molecule has 1 aromatic heterocycles. The molecule has 3 aliphatic rings. The van der Waals surface area contributed by atoms with E-state index in [9.17, 15) is 19.2 Å². The molecule has 3 N–H and O–H groups in total. The number of amides is 4. The van der Waals surface area contributed by atoms with Gasteiger partial charge >= 0.3 is 0 Å². The van der Waals surface area contributed by atoms with Crippen molar-refractivity contribution in [2.75, 3.05) is 46.4 Å². The number of aromatic nitrogens is 1. The number of hydrogen-bond acceptors (Lipinski definition) is 6. The summed E-state index contributed by atoms with van der Waals surface area (Å²) in [5.74, 6) is -0.628. The summed E-state index contributed by atoms with van der Waals surface area (Å²) < 4.78 is 11.4. The molecule has 12 heteroatoms. The maximum atomic E-state index is 14.2. The number of H-pyrrole nitrogens is 1. The molecule has 11 nitrogen and oxygen atoms in total. The Morgan fingerprint density at radius 3 is 2.51 bits per heavy atom. The third-order valence-corrected chi connectivity index (χ3v) is 10.6. The average molecular weight is 712 g/mol. The number of fused-ring (bicyclic) bond motifs is 3. The van der Waals surface area contributed by atoms with Crippen LogP contribution in [0.25, 0.3) is 10.9 Å². The number of nitrogens with one attached hydrogen (secondary N) is 3. The maximum Gasteiger partial charge on any atom is 0.254 e. The molecule has 4 aromatic rings. The van der Waals surface area contributed by atoms with E-state index in [1.807, 2.05) is 48.7 Å². The van der Waals surface area contributed by atoms with Crippen molar-refractivity contribution in [3.05, 3.63) is 94.6 Å². The summed E-state index contributed by atoms with van der Waals surface area (Å²) in [4.78, 5) is 61.7. The third-order valence-electron chi connectivity index (χ3n) is 10.4. The average Bonchev–Trinajstić information content (AvgIpc) is 3.77. The lowest BCUT2D eigenvalue weighted by Crippen LogP contribution is -2.56. The lowest BCUT2D eigenvalue weighted by molar-refractivity contribution is -0.140. The van der Waals surface area contributed by atoms with Crippen LogP contribution in [0.15, 0.2) is 72.9 Å². The van der Waals surface area contributed by atoms with Gasteiger partial charge in [0.15, 0.2) is 11.5 Å². The predicted molar refractivity (Wildman–Crippen MR) is 193 cm³/mol. The Morgan fingerprint density at radius 1 is 0.922 bits per heavy atom. The fourth-order valence-electron chi connectivity index (χ4n) is 7.74. The van der Waals surface area contributed by atoms with Gasteiger partial charge in [-0.15, -0.1) is 0 Å². The Balaban J connectivity index is 1.10. The standard InChI is InChI=1S/C39H42ClN5O6/c1-41-38(48)32(9-5-8-24-6-3-2-4-7-24)43-37(47)31-23-44(36(46)17-26-19-42-33-18-28(40)11-12-29(26)33)20-27-21-45(22-30(27)31)39(49)25-10-13-34-35(16-25)51-15-14-50-34/h2-4,6-7,10-13,16,18-19,27,30-32,42H,5,8-9,14-15,17,20-23H2,1H3,(H,41,48)(H,43,47)/t27?,30?,31?,32-/m0/s1. The van der Waals surface area contributed by atoms with Crippen LogP contribution in [0, 0.1) is 17.8 Å². The van der Waals surface area contributed by atoms with Crippen molar-refractivity contribution in [3.8, 4) is 11.5 Å². The minimum atomic E-state index is -0.731. The molecule has 3 unspecified atom stereocenters. The van der Waals surface area contributed by atoms with E-state index in [1.165, 1.54) is 0 Å². The van der Waals surface area contributed by atoms with E-state index in [0.717, 1.165) is 28.5 Å². The number of ether oxygens (including phenoxy) is 2. The summed E-state index contributed by atoms with van der Waals surface area (Å²) >= 11 is 6.18. The fraction of sp³-hybridized carbons (Fsp3) is 0.385. The first kappa shape index (κ1) is 34.4. The number of rotatable bonds is 10. The van der Waals surface area contributed by atoms with Gasteiger partial charge in [-0.05, 0) is 72.6 Å². The molecule has 7 rings (SSSR count). The topological polar surface area (TPSA) is 133 Å². The predicted octanol–water partition coefficient (Wildman–Crippen LogP) is 4.24. The molecule has 4 amide bonds. The highest BCUT2D eigenvalue weighted by atomic mass is 35.5. The van der Waals surface area contributed by atoms with Gasteiger partial charge in [0, 0.05) is 60.9 Å². The number of halogens is 1. The molecule has 0 aliphatic carbocycles. The Morgan fingerprint density at radius 2 is 1.71 bits per heavy atom. The van der Waals surface area contributed by atoms with Crippen LogP contribution in [0.1, 0.15) is 34.3 Å². The molecule has 266 valence electrons. The number of likely N-dealkylation sites (tertiary alicyclic amines) is 2. The first-order valence-electron chi connectivity index (χ1n) is 17.6. The molecule has 2 saturated heterocycles. The highest BCUT2D eigenvalue weighted by Gasteiger charge is 2.48. The van der Waals surface area contributed by atoms with Crippen LogP contribution in [0.4, 0.5) is 0 Å². The number of aromatic amines is 1. The number of aryl methyl sites for hydroxylation is 1. The van der Waals surface area contributed by atoms with Crippen molar-refractivity contribution in [1.82, 2.24) is 25.4 Å². The number of carbonyl (C=O) groups is 4. The fourth-order valence-corrected chi connectivity index (χ4v) is 7.91. The van der Waals surface area contributed by atoms with Crippen LogP contribution >= 0.6 is 11.6 Å². The van der Waals surface area contributed by atoms with Gasteiger partial charge in [-0.1, -0.05) is 48.0 Å². The van der Waals surface area contributed by atoms with Crippen molar-refractivity contribution >= 4 is 46.1 Å². The zero-order chi connectivity index (χ0) is 35.5. The smallest absolute Gasteiger partial charge is 0.254 e. The minimum Gasteiger partial charge on any atom is -0.486 e. The van der Waals surface area contributed by atoms with Crippen molar-refractivity contribution in [2.24, 2.45) is 17.8 Å². The number of piperidine rings is 1. The number of hydrogen-bond donors (Lipinski definition) is 3. The molecule has 0 spiro atoms. The van der Waals surface area contributed by atoms with E-state index in [4.69, 9.17) is 21.1 Å². The zero-order valence-electron chi connectivity index (χ0n) is 28.5. The Labute approximate surface area is 301 Å². The number of nitrogens with zero attached hydrogens (tertiary/aromatic N) is 2. The first-order valence-corrected chi connectivity index (χ1v) is 17.9. The molecule has 4 atom stereocenters. The summed E-state index contributed by atoms with van der Waals surface area (Å²) in [5, 5.41) is 7.26. The minimum absolute atomic E-state index is 0.107. The number of benzene rings is 3. The lowest BCUT2D eigenvalue weighted by Gasteiger charge is -2.40. The molecule has 4 heterocycles. The quantitative estimate of drug-likeness (QED) is 0.226. The molecular formula is C39H42ClN5O6. The van der Waals surface area contributed by atoms with E-state index >= 15 is 0 Å². The molecular weight excluding hydrogens is 670 g/mol. The lowest BCUT2D eigenvalue weighted by atomic mass is 9.79. The van der Waals surface area contributed by atoms with Crippen LogP contribution in [0.2, 0.25) is 5.02 Å². The Kier molecular flexibility index (Phi) is 10.2. The van der Waals surface area contributed by atoms with Crippen molar-refractivity contribution < 1.29 is 28.7 Å². The van der Waals surface area contributed by atoms with E-state index in [1.54, 1.807) is 41.1 Å². The van der Waals surface area contributed by atoms with Crippen LogP contribution in [-0.2, 0) is 27.2 Å². The van der Waals surface area contributed by atoms with Gasteiger partial charge in [0.1, 0.15) is 19.3 Å². The highest BCUT2D eigenvalue weighted by Crippen LogP contribution is 2.38. The second kappa shape index (κ2) is 15.1. The summed E-state index contributed by atoms with van der Waals surface area (Å²) in [6, 6.07) is 20.0. The molecule has 2 fully saturated rings. The normalized spacial score (nSPS) is 20.1. The molecule has 0 bridgehead atoms.